The highest BCUT2D eigenvalue weighted by Gasteiger charge is 2.40. The number of hydrogen-bond donors (Lipinski definition) is 1. The average Bonchev–Trinajstić information content (AvgIpc) is 2.49. The number of ether oxygens (including phenoxy) is 1. The van der Waals surface area contributed by atoms with Crippen LogP contribution in [0, 0.1) is 5.92 Å². The first-order valence-electron chi connectivity index (χ1n) is 7.98. The van der Waals surface area contributed by atoms with Gasteiger partial charge < -0.3 is 9.84 Å². The third kappa shape index (κ3) is 3.21. The first-order valence-corrected chi connectivity index (χ1v) is 7.98. The monoisotopic (exact) mass is 275 g/mol. The Hall–Kier alpha value is -0.930. The fourth-order valence-corrected chi connectivity index (χ4v) is 3.87. The van der Waals surface area contributed by atoms with Gasteiger partial charge in [-0.2, -0.15) is 0 Å². The van der Waals surface area contributed by atoms with Gasteiger partial charge >= 0.3 is 0 Å². The maximum absolute atomic E-state index is 10.6. The van der Waals surface area contributed by atoms with Crippen LogP contribution in [-0.4, -0.2) is 28.4 Å². The van der Waals surface area contributed by atoms with E-state index in [-0.39, 0.29) is 11.7 Å². The highest BCUT2D eigenvalue weighted by atomic mass is 16.5. The van der Waals surface area contributed by atoms with Crippen molar-refractivity contribution in [3.8, 4) is 0 Å². The van der Waals surface area contributed by atoms with Crippen molar-refractivity contribution in [2.45, 2.75) is 63.1 Å². The minimum Gasteiger partial charge on any atom is -0.392 e. The zero-order chi connectivity index (χ0) is 13.8. The normalized spacial score (nSPS) is 27.4. The summed E-state index contributed by atoms with van der Waals surface area (Å²) in [6.45, 7) is 0.818. The minimum absolute atomic E-state index is 0.0837. The Morgan fingerprint density at radius 2 is 2.00 bits per heavy atom. The van der Waals surface area contributed by atoms with E-state index in [9.17, 15) is 5.11 Å². The lowest BCUT2D eigenvalue weighted by Crippen LogP contribution is -2.44. The summed E-state index contributed by atoms with van der Waals surface area (Å²) in [5.74, 6) is 0.384. The fraction of sp³-hybridized carbons (Fsp3) is 0.706. The number of aliphatic hydroxyl groups is 1. The Morgan fingerprint density at radius 3 is 2.75 bits per heavy atom. The molecule has 0 bridgehead atoms. The van der Waals surface area contributed by atoms with Crippen LogP contribution >= 0.6 is 0 Å². The number of pyridine rings is 1. The molecule has 0 radical (unpaired) electrons. The molecule has 1 spiro atoms. The van der Waals surface area contributed by atoms with Gasteiger partial charge in [-0.05, 0) is 55.7 Å². The lowest BCUT2D eigenvalue weighted by atomic mass is 9.74. The predicted molar refractivity (Wildman–Crippen MR) is 78.4 cm³/mol. The molecule has 1 aromatic heterocycles. The standard InChI is InChI=1S/C17H25NO2/c19-16(12-14-4-9-18-10-5-14)15-6-11-20-17(13-15)7-2-1-3-8-17/h4-5,9-10,15-16,19H,1-3,6-8,11-13H2. The van der Waals surface area contributed by atoms with Gasteiger partial charge in [-0.25, -0.2) is 0 Å². The van der Waals surface area contributed by atoms with E-state index in [2.05, 4.69) is 4.98 Å². The molecule has 1 aliphatic heterocycles. The van der Waals surface area contributed by atoms with Crippen LogP contribution in [0.2, 0.25) is 0 Å². The lowest BCUT2D eigenvalue weighted by molar-refractivity contribution is -0.133. The third-order valence-electron chi connectivity index (χ3n) is 5.03. The molecule has 2 heterocycles. The molecule has 20 heavy (non-hydrogen) atoms. The van der Waals surface area contributed by atoms with Crippen molar-refractivity contribution < 1.29 is 9.84 Å². The van der Waals surface area contributed by atoms with Gasteiger partial charge in [-0.3, -0.25) is 4.98 Å². The summed E-state index contributed by atoms with van der Waals surface area (Å²) in [6, 6.07) is 4.00. The number of nitrogens with zero attached hydrogens (tertiary/aromatic N) is 1. The van der Waals surface area contributed by atoms with Gasteiger partial charge in [-0.1, -0.05) is 19.3 Å². The van der Waals surface area contributed by atoms with Gasteiger partial charge in [0, 0.05) is 19.0 Å². The number of hydrogen-bond acceptors (Lipinski definition) is 3. The zero-order valence-electron chi connectivity index (χ0n) is 12.1. The Morgan fingerprint density at radius 1 is 1.25 bits per heavy atom. The maximum atomic E-state index is 10.6. The van der Waals surface area contributed by atoms with Crippen molar-refractivity contribution in [1.82, 2.24) is 4.98 Å². The van der Waals surface area contributed by atoms with E-state index in [4.69, 9.17) is 4.74 Å². The third-order valence-corrected chi connectivity index (χ3v) is 5.03. The molecule has 0 amide bonds. The Kier molecular flexibility index (Phi) is 4.37. The van der Waals surface area contributed by atoms with Crippen LogP contribution in [0.4, 0.5) is 0 Å². The molecule has 2 fully saturated rings. The van der Waals surface area contributed by atoms with Crippen molar-refractivity contribution in [1.29, 1.82) is 0 Å². The molecule has 3 rings (SSSR count). The van der Waals surface area contributed by atoms with Gasteiger partial charge in [-0.15, -0.1) is 0 Å². The number of rotatable bonds is 3. The van der Waals surface area contributed by atoms with Crippen LogP contribution in [0.1, 0.15) is 50.5 Å². The molecule has 2 unspecified atom stereocenters. The van der Waals surface area contributed by atoms with Crippen LogP contribution in [0.3, 0.4) is 0 Å². The second kappa shape index (κ2) is 6.23. The first kappa shape index (κ1) is 14.0. The van der Waals surface area contributed by atoms with Gasteiger partial charge in [0.1, 0.15) is 0 Å². The molecule has 110 valence electrons. The van der Waals surface area contributed by atoms with Gasteiger partial charge in [0.25, 0.3) is 0 Å². The van der Waals surface area contributed by atoms with E-state index in [0.29, 0.717) is 5.92 Å². The van der Waals surface area contributed by atoms with E-state index in [1.165, 1.54) is 37.7 Å². The van der Waals surface area contributed by atoms with Crippen molar-refractivity contribution in [3.63, 3.8) is 0 Å². The average molecular weight is 275 g/mol. The molecule has 3 heteroatoms. The van der Waals surface area contributed by atoms with Crippen LogP contribution in [0.5, 0.6) is 0 Å². The van der Waals surface area contributed by atoms with Crippen molar-refractivity contribution >= 4 is 0 Å². The molecule has 1 aromatic rings. The molecule has 1 aliphatic carbocycles. The molecule has 0 aromatic carbocycles. The molecule has 1 N–H and O–H groups in total. The van der Waals surface area contributed by atoms with Crippen LogP contribution in [-0.2, 0) is 11.2 Å². The van der Waals surface area contributed by atoms with Crippen LogP contribution < -0.4 is 0 Å². The topological polar surface area (TPSA) is 42.4 Å². The smallest absolute Gasteiger partial charge is 0.0686 e. The molecule has 1 saturated heterocycles. The van der Waals surface area contributed by atoms with E-state index in [0.717, 1.165) is 25.9 Å². The number of aliphatic hydroxyl groups excluding tert-OH is 1. The Labute approximate surface area is 121 Å². The quantitative estimate of drug-likeness (QED) is 0.921. The molecular weight excluding hydrogens is 250 g/mol. The summed E-state index contributed by atoms with van der Waals surface area (Å²) in [4.78, 5) is 4.03. The van der Waals surface area contributed by atoms with E-state index in [1.54, 1.807) is 12.4 Å². The van der Waals surface area contributed by atoms with Crippen molar-refractivity contribution in [2.75, 3.05) is 6.61 Å². The minimum atomic E-state index is -0.250. The highest BCUT2D eigenvalue weighted by molar-refractivity contribution is 5.11. The van der Waals surface area contributed by atoms with E-state index >= 15 is 0 Å². The maximum Gasteiger partial charge on any atom is 0.0686 e. The summed E-state index contributed by atoms with van der Waals surface area (Å²) in [5, 5.41) is 10.6. The molecule has 1 saturated carbocycles. The highest BCUT2D eigenvalue weighted by Crippen LogP contribution is 2.41. The summed E-state index contributed by atoms with van der Waals surface area (Å²) < 4.78 is 6.12. The second-order valence-corrected chi connectivity index (χ2v) is 6.47. The van der Waals surface area contributed by atoms with Crippen molar-refractivity contribution in [3.05, 3.63) is 30.1 Å². The largest absolute Gasteiger partial charge is 0.392 e. The van der Waals surface area contributed by atoms with Crippen LogP contribution in [0.25, 0.3) is 0 Å². The van der Waals surface area contributed by atoms with E-state index < -0.39 is 0 Å². The predicted octanol–water partition coefficient (Wildman–Crippen LogP) is 3.11. The Bertz CT molecular complexity index is 409. The SMILES string of the molecule is OC(Cc1ccncc1)C1CCOC2(CCCCC2)C1. The molecule has 3 nitrogen and oxygen atoms in total. The fourth-order valence-electron chi connectivity index (χ4n) is 3.87. The summed E-state index contributed by atoms with van der Waals surface area (Å²) >= 11 is 0. The summed E-state index contributed by atoms with van der Waals surface area (Å²) in [7, 11) is 0. The van der Waals surface area contributed by atoms with Gasteiger partial charge in [0.05, 0.1) is 11.7 Å². The lowest BCUT2D eigenvalue weighted by Gasteiger charge is -2.44. The first-order chi connectivity index (χ1) is 9.77. The Balaban J connectivity index is 1.61. The molecule has 2 atom stereocenters. The van der Waals surface area contributed by atoms with Crippen LogP contribution in [0.15, 0.2) is 24.5 Å². The summed E-state index contributed by atoms with van der Waals surface area (Å²) in [5.41, 5.74) is 1.26. The summed E-state index contributed by atoms with van der Waals surface area (Å²) in [6.07, 6.45) is 12.4. The zero-order valence-corrected chi connectivity index (χ0v) is 12.1. The van der Waals surface area contributed by atoms with Crippen molar-refractivity contribution in [2.24, 2.45) is 5.92 Å². The van der Waals surface area contributed by atoms with Gasteiger partial charge in [0.2, 0.25) is 0 Å². The van der Waals surface area contributed by atoms with E-state index in [1.807, 2.05) is 12.1 Å². The molecular formula is C17H25NO2. The second-order valence-electron chi connectivity index (χ2n) is 6.47. The molecule has 2 aliphatic rings. The van der Waals surface area contributed by atoms with Gasteiger partial charge in [0.15, 0.2) is 0 Å². The number of aromatic nitrogens is 1.